The molecular weight excluding hydrogens is 256 g/mol. The molecule has 0 bridgehead atoms. The van der Waals surface area contributed by atoms with Crippen molar-refractivity contribution in [1.82, 2.24) is 9.80 Å². The van der Waals surface area contributed by atoms with Crippen LogP contribution in [0, 0.1) is 17.8 Å². The first-order valence-electron chi connectivity index (χ1n) is 7.74. The number of carbonyl (C=O) groups is 2. The highest BCUT2D eigenvalue weighted by Gasteiger charge is 2.46. The highest BCUT2D eigenvalue weighted by atomic mass is 16.5. The van der Waals surface area contributed by atoms with Gasteiger partial charge in [-0.05, 0) is 6.42 Å². The minimum atomic E-state index is 0.0486. The molecule has 3 atom stereocenters. The monoisotopic (exact) mass is 280 g/mol. The Hall–Kier alpha value is -1.10. The van der Waals surface area contributed by atoms with E-state index in [2.05, 4.69) is 0 Å². The Kier molecular flexibility index (Phi) is 3.71. The zero-order valence-corrected chi connectivity index (χ0v) is 12.4. The van der Waals surface area contributed by atoms with E-state index in [1.807, 2.05) is 23.6 Å². The minimum absolute atomic E-state index is 0.0486. The number of ether oxygens (including phenoxy) is 1. The first-order valence-corrected chi connectivity index (χ1v) is 7.74. The summed E-state index contributed by atoms with van der Waals surface area (Å²) in [6, 6.07) is 0. The van der Waals surface area contributed by atoms with Crippen LogP contribution in [-0.4, -0.2) is 60.5 Å². The molecule has 0 unspecified atom stereocenters. The van der Waals surface area contributed by atoms with Gasteiger partial charge in [-0.15, -0.1) is 0 Å². The number of rotatable bonds is 3. The van der Waals surface area contributed by atoms with E-state index in [1.165, 1.54) is 0 Å². The average molecular weight is 280 g/mol. The van der Waals surface area contributed by atoms with Crippen LogP contribution in [0.15, 0.2) is 0 Å². The van der Waals surface area contributed by atoms with Gasteiger partial charge in [0.05, 0.1) is 12.7 Å². The normalized spacial score (nSPS) is 33.4. The van der Waals surface area contributed by atoms with Crippen LogP contribution < -0.4 is 0 Å². The Labute approximate surface area is 120 Å². The third kappa shape index (κ3) is 2.43. The first kappa shape index (κ1) is 13.9. The number of amides is 2. The van der Waals surface area contributed by atoms with Crippen LogP contribution in [0.5, 0.6) is 0 Å². The molecule has 2 amide bonds. The fourth-order valence-electron chi connectivity index (χ4n) is 3.71. The van der Waals surface area contributed by atoms with Gasteiger partial charge in [-0.2, -0.15) is 0 Å². The number of hydrogen-bond acceptors (Lipinski definition) is 3. The second-order valence-electron chi connectivity index (χ2n) is 6.64. The summed E-state index contributed by atoms with van der Waals surface area (Å²) in [6.07, 6.45) is 1.86. The summed E-state index contributed by atoms with van der Waals surface area (Å²) in [4.78, 5) is 27.7. The molecule has 20 heavy (non-hydrogen) atoms. The molecule has 112 valence electrons. The van der Waals surface area contributed by atoms with Crippen molar-refractivity contribution < 1.29 is 14.3 Å². The predicted octanol–water partition coefficient (Wildman–Crippen LogP) is 0.738. The van der Waals surface area contributed by atoms with Crippen molar-refractivity contribution in [2.24, 2.45) is 17.8 Å². The molecule has 5 nitrogen and oxygen atoms in total. The maximum atomic E-state index is 12.1. The van der Waals surface area contributed by atoms with E-state index >= 15 is 0 Å². The van der Waals surface area contributed by atoms with Crippen molar-refractivity contribution in [3.63, 3.8) is 0 Å². The Morgan fingerprint density at radius 1 is 1.40 bits per heavy atom. The van der Waals surface area contributed by atoms with E-state index < -0.39 is 0 Å². The number of carbonyl (C=O) groups excluding carboxylic acids is 2. The molecule has 0 saturated carbocycles. The van der Waals surface area contributed by atoms with Gasteiger partial charge in [-0.3, -0.25) is 9.59 Å². The molecule has 0 aromatic carbocycles. The fraction of sp³-hybridized carbons (Fsp3) is 0.867. The smallest absolute Gasteiger partial charge is 0.225 e. The molecule has 0 radical (unpaired) electrons. The Morgan fingerprint density at radius 3 is 2.85 bits per heavy atom. The van der Waals surface area contributed by atoms with Gasteiger partial charge in [0, 0.05) is 50.4 Å². The van der Waals surface area contributed by atoms with Gasteiger partial charge in [0.15, 0.2) is 0 Å². The van der Waals surface area contributed by atoms with Crippen molar-refractivity contribution in [1.29, 1.82) is 0 Å². The highest BCUT2D eigenvalue weighted by Crippen LogP contribution is 2.35. The van der Waals surface area contributed by atoms with Gasteiger partial charge in [0.2, 0.25) is 11.8 Å². The Morgan fingerprint density at radius 2 is 2.20 bits per heavy atom. The predicted molar refractivity (Wildman–Crippen MR) is 74.0 cm³/mol. The Balaban J connectivity index is 1.60. The molecule has 3 aliphatic rings. The lowest BCUT2D eigenvalue weighted by Crippen LogP contribution is -2.37. The largest absolute Gasteiger partial charge is 0.376 e. The SMILES string of the molecule is CC(C)C(=O)N1C[C@@H]2[C@H](CN3CCCC3=O)CO[C@@H]2C1. The van der Waals surface area contributed by atoms with E-state index in [-0.39, 0.29) is 23.8 Å². The van der Waals surface area contributed by atoms with E-state index in [4.69, 9.17) is 4.74 Å². The van der Waals surface area contributed by atoms with Crippen LogP contribution in [0.25, 0.3) is 0 Å². The number of nitrogens with zero attached hydrogens (tertiary/aromatic N) is 2. The zero-order valence-electron chi connectivity index (χ0n) is 12.4. The van der Waals surface area contributed by atoms with Crippen LogP contribution in [0.1, 0.15) is 26.7 Å². The van der Waals surface area contributed by atoms with Crippen LogP contribution in [0.4, 0.5) is 0 Å². The second-order valence-corrected chi connectivity index (χ2v) is 6.64. The molecule has 0 aromatic heterocycles. The lowest BCUT2D eigenvalue weighted by atomic mass is 9.93. The van der Waals surface area contributed by atoms with E-state index in [9.17, 15) is 9.59 Å². The molecule has 3 saturated heterocycles. The third-order valence-electron chi connectivity index (χ3n) is 4.87. The van der Waals surface area contributed by atoms with Crippen molar-refractivity contribution in [2.45, 2.75) is 32.8 Å². The van der Waals surface area contributed by atoms with Crippen LogP contribution in [-0.2, 0) is 14.3 Å². The van der Waals surface area contributed by atoms with Gasteiger partial charge in [0.25, 0.3) is 0 Å². The Bertz CT molecular complexity index is 410. The van der Waals surface area contributed by atoms with Gasteiger partial charge < -0.3 is 14.5 Å². The van der Waals surface area contributed by atoms with Gasteiger partial charge in [-0.1, -0.05) is 13.8 Å². The third-order valence-corrected chi connectivity index (χ3v) is 4.87. The molecule has 0 spiro atoms. The molecule has 5 heteroatoms. The molecule has 3 fully saturated rings. The zero-order chi connectivity index (χ0) is 14.3. The fourth-order valence-corrected chi connectivity index (χ4v) is 3.71. The van der Waals surface area contributed by atoms with Crippen molar-refractivity contribution in [3.8, 4) is 0 Å². The van der Waals surface area contributed by atoms with Crippen molar-refractivity contribution in [2.75, 3.05) is 32.8 Å². The summed E-state index contributed by atoms with van der Waals surface area (Å²) >= 11 is 0. The summed E-state index contributed by atoms with van der Waals surface area (Å²) in [5.74, 6) is 1.35. The molecule has 0 N–H and O–H groups in total. The standard InChI is InChI=1S/C15H24N2O3/c1-10(2)15(19)17-7-12-11(9-20-13(12)8-17)6-16-5-3-4-14(16)18/h10-13H,3-9H2,1-2H3/t11-,12-,13-/m1/s1. The second kappa shape index (κ2) is 5.35. The van der Waals surface area contributed by atoms with Gasteiger partial charge in [-0.25, -0.2) is 0 Å². The number of likely N-dealkylation sites (tertiary alicyclic amines) is 2. The molecule has 0 aromatic rings. The van der Waals surface area contributed by atoms with Crippen molar-refractivity contribution >= 4 is 11.8 Å². The summed E-state index contributed by atoms with van der Waals surface area (Å²) in [5.41, 5.74) is 0. The number of fused-ring (bicyclic) bond motifs is 1. The molecule has 0 aliphatic carbocycles. The molecule has 3 rings (SSSR count). The summed E-state index contributed by atoms with van der Waals surface area (Å²) in [6.45, 7) is 7.85. The van der Waals surface area contributed by atoms with Crippen LogP contribution >= 0.6 is 0 Å². The molecular formula is C15H24N2O3. The maximum absolute atomic E-state index is 12.1. The van der Waals surface area contributed by atoms with Crippen molar-refractivity contribution in [3.05, 3.63) is 0 Å². The summed E-state index contributed by atoms with van der Waals surface area (Å²) in [7, 11) is 0. The molecule has 3 aliphatic heterocycles. The topological polar surface area (TPSA) is 49.9 Å². The van der Waals surface area contributed by atoms with Crippen LogP contribution in [0.3, 0.4) is 0 Å². The lowest BCUT2D eigenvalue weighted by Gasteiger charge is -2.24. The first-order chi connectivity index (χ1) is 9.56. The molecule has 3 heterocycles. The maximum Gasteiger partial charge on any atom is 0.225 e. The summed E-state index contributed by atoms with van der Waals surface area (Å²) < 4.78 is 5.86. The van der Waals surface area contributed by atoms with E-state index in [0.29, 0.717) is 18.3 Å². The van der Waals surface area contributed by atoms with Crippen LogP contribution in [0.2, 0.25) is 0 Å². The van der Waals surface area contributed by atoms with Gasteiger partial charge in [0.1, 0.15) is 0 Å². The highest BCUT2D eigenvalue weighted by molar-refractivity contribution is 5.79. The quantitative estimate of drug-likeness (QED) is 0.766. The minimum Gasteiger partial charge on any atom is -0.376 e. The average Bonchev–Trinajstić information content (AvgIpc) is 3.07. The number of hydrogen-bond donors (Lipinski definition) is 0. The van der Waals surface area contributed by atoms with E-state index in [1.54, 1.807) is 0 Å². The summed E-state index contributed by atoms with van der Waals surface area (Å²) in [5, 5.41) is 0. The van der Waals surface area contributed by atoms with E-state index in [0.717, 1.165) is 39.2 Å². The lowest BCUT2D eigenvalue weighted by molar-refractivity contribution is -0.134. The van der Waals surface area contributed by atoms with Gasteiger partial charge >= 0.3 is 0 Å².